The Morgan fingerprint density at radius 3 is 2.14 bits per heavy atom. The molecule has 0 saturated carbocycles. The summed E-state index contributed by atoms with van der Waals surface area (Å²) in [7, 11) is 2.18. The molecule has 35 heavy (non-hydrogen) atoms. The molecular formula is C23H14F7NO4. The average molecular weight is 501 g/mol. The maximum Gasteiger partial charge on any atom is 0.482 e. The van der Waals surface area contributed by atoms with Gasteiger partial charge in [-0.2, -0.15) is 13.2 Å². The molecule has 12 heteroatoms. The van der Waals surface area contributed by atoms with Crippen LogP contribution >= 0.6 is 0 Å². The fourth-order valence-corrected chi connectivity index (χ4v) is 3.57. The van der Waals surface area contributed by atoms with Crippen LogP contribution in [0.25, 0.3) is 11.1 Å². The zero-order chi connectivity index (χ0) is 25.7. The zero-order valence-electron chi connectivity index (χ0n) is 17.9. The molecule has 1 aliphatic rings. The van der Waals surface area contributed by atoms with E-state index in [0.29, 0.717) is 28.3 Å². The van der Waals surface area contributed by atoms with Gasteiger partial charge in [0, 0.05) is 11.6 Å². The van der Waals surface area contributed by atoms with Crippen LogP contribution in [0, 0.1) is 29.1 Å². The van der Waals surface area contributed by atoms with Crippen LogP contribution in [-0.2, 0) is 11.3 Å². The number of amides is 1. The van der Waals surface area contributed by atoms with Gasteiger partial charge >= 0.3 is 12.0 Å². The molecule has 3 aromatic rings. The molecule has 0 aromatic heterocycles. The molecular weight excluding hydrogens is 487 g/mol. The molecule has 0 spiro atoms. The van der Waals surface area contributed by atoms with Gasteiger partial charge < -0.3 is 14.2 Å². The van der Waals surface area contributed by atoms with Crippen molar-refractivity contribution in [3.63, 3.8) is 0 Å². The number of rotatable bonds is 5. The number of hydrogen-bond acceptors (Lipinski definition) is 4. The number of nitrogens with zero attached hydrogens (tertiary/aromatic N) is 1. The van der Waals surface area contributed by atoms with Crippen molar-refractivity contribution >= 4 is 11.6 Å². The lowest BCUT2D eigenvalue weighted by molar-refractivity contribution is -0.193. The number of hydrogen-bond donors (Lipinski definition) is 0. The van der Waals surface area contributed by atoms with Gasteiger partial charge in [0.1, 0.15) is 11.6 Å². The quantitative estimate of drug-likeness (QED) is 0.260. The van der Waals surface area contributed by atoms with Gasteiger partial charge in [-0.15, -0.1) is 0 Å². The van der Waals surface area contributed by atoms with Gasteiger partial charge in [0.2, 0.25) is 5.82 Å². The number of ether oxygens (including phenoxy) is 3. The molecule has 0 atom stereocenters. The molecule has 0 fully saturated rings. The third-order valence-corrected chi connectivity index (χ3v) is 5.27. The molecule has 3 aromatic carbocycles. The molecule has 0 bridgehead atoms. The van der Waals surface area contributed by atoms with Crippen LogP contribution in [0.1, 0.15) is 5.56 Å². The number of anilines is 1. The minimum absolute atomic E-state index is 0.334. The normalized spacial score (nSPS) is 14.4. The van der Waals surface area contributed by atoms with Crippen molar-refractivity contribution in [2.45, 2.75) is 12.7 Å². The summed E-state index contributed by atoms with van der Waals surface area (Å²) in [5.41, 5.74) is -2.51. The van der Waals surface area contributed by atoms with Gasteiger partial charge in [0.25, 0.3) is 0 Å². The summed E-state index contributed by atoms with van der Waals surface area (Å²) >= 11 is 0. The van der Waals surface area contributed by atoms with Gasteiger partial charge in [0.05, 0.1) is 32.0 Å². The summed E-state index contributed by atoms with van der Waals surface area (Å²) in [4.78, 5) is 13.0. The van der Waals surface area contributed by atoms with Gasteiger partial charge in [-0.05, 0) is 23.8 Å². The van der Waals surface area contributed by atoms with Gasteiger partial charge in [0.15, 0.2) is 29.0 Å². The molecule has 0 aliphatic carbocycles. The number of carbonyl (C=O) groups is 1. The van der Waals surface area contributed by atoms with Gasteiger partial charge in [-0.25, -0.2) is 17.6 Å². The Morgan fingerprint density at radius 2 is 1.54 bits per heavy atom. The highest BCUT2D eigenvalue weighted by atomic mass is 19.3. The highest BCUT2D eigenvalue weighted by Gasteiger charge is 2.51. The minimum Gasteiger partial charge on any atom is -0.497 e. The predicted molar refractivity (Wildman–Crippen MR) is 108 cm³/mol. The number of carbonyl (C=O) groups excluding carboxylic acids is 1. The Labute approximate surface area is 193 Å². The van der Waals surface area contributed by atoms with E-state index >= 15 is 0 Å². The first-order valence-electron chi connectivity index (χ1n) is 9.75. The van der Waals surface area contributed by atoms with E-state index in [4.69, 9.17) is 4.74 Å². The Kier molecular flexibility index (Phi) is 5.99. The van der Waals surface area contributed by atoms with Gasteiger partial charge in [-0.3, -0.25) is 9.69 Å². The van der Waals surface area contributed by atoms with Crippen molar-refractivity contribution in [2.24, 2.45) is 0 Å². The summed E-state index contributed by atoms with van der Waals surface area (Å²) in [6, 6.07) is 6.90. The van der Waals surface area contributed by atoms with Crippen LogP contribution in [0.5, 0.6) is 17.2 Å². The molecule has 184 valence electrons. The van der Waals surface area contributed by atoms with E-state index in [2.05, 4.69) is 9.47 Å². The highest BCUT2D eigenvalue weighted by Crippen LogP contribution is 2.45. The van der Waals surface area contributed by atoms with Crippen molar-refractivity contribution in [2.75, 3.05) is 19.1 Å². The van der Waals surface area contributed by atoms with E-state index < -0.39 is 76.0 Å². The second kappa shape index (κ2) is 8.67. The second-order valence-corrected chi connectivity index (χ2v) is 7.32. The number of benzene rings is 3. The number of alkyl halides is 2. The fraction of sp³-hybridized carbons (Fsp3) is 0.174. The van der Waals surface area contributed by atoms with Crippen LogP contribution in [0.4, 0.5) is 36.4 Å². The van der Waals surface area contributed by atoms with E-state index in [1.165, 1.54) is 31.4 Å². The topological polar surface area (TPSA) is 48.0 Å². The lowest BCUT2D eigenvalue weighted by atomic mass is 10.00. The Balaban J connectivity index is 1.90. The first kappa shape index (κ1) is 24.2. The van der Waals surface area contributed by atoms with E-state index in [0.717, 1.165) is 7.11 Å². The Bertz CT molecular complexity index is 1330. The van der Waals surface area contributed by atoms with Gasteiger partial charge in [-0.1, -0.05) is 12.1 Å². The zero-order valence-corrected chi connectivity index (χ0v) is 17.9. The molecule has 1 aliphatic heterocycles. The number of fused-ring (bicyclic) bond motifs is 1. The SMILES string of the molecule is COc1ccc(CN2C(=O)C(F)(F)Oc3cc(F)c(-c4c(F)c(F)c(F)c(OC)c4F)cc32)cc1. The smallest absolute Gasteiger partial charge is 0.482 e. The highest BCUT2D eigenvalue weighted by molar-refractivity contribution is 6.01. The fourth-order valence-electron chi connectivity index (χ4n) is 3.57. The van der Waals surface area contributed by atoms with Crippen molar-refractivity contribution in [3.05, 3.63) is 71.0 Å². The first-order chi connectivity index (χ1) is 16.5. The van der Waals surface area contributed by atoms with Crippen molar-refractivity contribution in [1.82, 2.24) is 0 Å². The summed E-state index contributed by atoms with van der Waals surface area (Å²) < 4.78 is 114. The van der Waals surface area contributed by atoms with E-state index in [1.807, 2.05) is 0 Å². The summed E-state index contributed by atoms with van der Waals surface area (Å²) in [5.74, 6) is -13.1. The second-order valence-electron chi connectivity index (χ2n) is 7.32. The van der Waals surface area contributed by atoms with Crippen molar-refractivity contribution in [1.29, 1.82) is 0 Å². The van der Waals surface area contributed by atoms with Crippen LogP contribution in [0.2, 0.25) is 0 Å². The van der Waals surface area contributed by atoms with Crippen LogP contribution < -0.4 is 19.1 Å². The lowest BCUT2D eigenvalue weighted by Gasteiger charge is -2.34. The van der Waals surface area contributed by atoms with Crippen LogP contribution in [0.3, 0.4) is 0 Å². The molecule has 4 rings (SSSR count). The predicted octanol–water partition coefficient (Wildman–Crippen LogP) is 5.58. The maximum absolute atomic E-state index is 14.8. The van der Waals surface area contributed by atoms with Crippen molar-refractivity contribution < 1.29 is 49.7 Å². The summed E-state index contributed by atoms with van der Waals surface area (Å²) in [6.45, 7) is -0.480. The maximum atomic E-state index is 14.8. The molecule has 0 saturated heterocycles. The first-order valence-corrected chi connectivity index (χ1v) is 9.75. The minimum atomic E-state index is -4.38. The third kappa shape index (κ3) is 3.98. The van der Waals surface area contributed by atoms with E-state index in [-0.39, 0.29) is 0 Å². The molecule has 1 amide bonds. The molecule has 5 nitrogen and oxygen atoms in total. The average Bonchev–Trinajstić information content (AvgIpc) is 2.82. The van der Waals surface area contributed by atoms with E-state index in [9.17, 15) is 35.5 Å². The summed E-state index contributed by atoms with van der Waals surface area (Å²) in [5, 5.41) is 0. The molecule has 0 radical (unpaired) electrons. The largest absolute Gasteiger partial charge is 0.497 e. The van der Waals surface area contributed by atoms with Crippen molar-refractivity contribution in [3.8, 4) is 28.4 Å². The molecule has 0 unspecified atom stereocenters. The molecule has 0 N–H and O–H groups in total. The molecule has 1 heterocycles. The van der Waals surface area contributed by atoms with E-state index in [1.54, 1.807) is 0 Å². The Morgan fingerprint density at radius 1 is 0.886 bits per heavy atom. The monoisotopic (exact) mass is 501 g/mol. The summed E-state index contributed by atoms with van der Waals surface area (Å²) in [6.07, 6.45) is -4.38. The van der Waals surface area contributed by atoms with Crippen LogP contribution in [-0.4, -0.2) is 26.2 Å². The van der Waals surface area contributed by atoms with Crippen LogP contribution in [0.15, 0.2) is 36.4 Å². The Hall–Kier alpha value is -3.96. The number of methoxy groups -OCH3 is 2. The standard InChI is InChI=1S/C23H14F7NO4/c1-33-11-5-3-10(4-6-11)9-31-14-7-12(13(24)8-15(14)35-23(29,30)22(31)32)16-17(25)19(27)20(28)21(34-2)18(16)26/h3-8H,9H2,1-2H3. The number of halogens is 7. The third-order valence-electron chi connectivity index (χ3n) is 5.27. The lowest BCUT2D eigenvalue weighted by Crippen LogP contribution is -2.50.